The molecule has 0 aromatic carbocycles. The molecule has 5 nitrogen and oxygen atoms in total. The van der Waals surface area contributed by atoms with Gasteiger partial charge in [-0.3, -0.25) is 4.68 Å². The summed E-state index contributed by atoms with van der Waals surface area (Å²) in [6, 6.07) is 0. The van der Waals surface area contributed by atoms with Crippen molar-refractivity contribution in [2.45, 2.75) is 0 Å². The summed E-state index contributed by atoms with van der Waals surface area (Å²) in [5.74, 6) is -1.08. The van der Waals surface area contributed by atoms with Crippen molar-refractivity contribution in [3.05, 3.63) is 18.5 Å². The second kappa shape index (κ2) is 2.53. The van der Waals surface area contributed by atoms with E-state index < -0.39 is 5.97 Å². The molecule has 0 atom stereocenters. The average molecular weight is 153 g/mol. The van der Waals surface area contributed by atoms with Crippen molar-refractivity contribution in [3.8, 4) is 0 Å². The van der Waals surface area contributed by atoms with Crippen LogP contribution in [0.2, 0.25) is 0 Å². The van der Waals surface area contributed by atoms with Crippen LogP contribution < -0.4 is 0 Å². The Bertz CT molecular complexity index is 303. The molecule has 58 valence electrons. The van der Waals surface area contributed by atoms with Gasteiger partial charge in [0.2, 0.25) is 0 Å². The number of carbonyl (C=O) groups is 1. The quantitative estimate of drug-likeness (QED) is 0.603. The van der Waals surface area contributed by atoms with Crippen LogP contribution in [-0.4, -0.2) is 26.1 Å². The van der Waals surface area contributed by atoms with Gasteiger partial charge in [0.15, 0.2) is 0 Å². The van der Waals surface area contributed by atoms with Crippen LogP contribution in [0, 0.1) is 0 Å². The van der Waals surface area contributed by atoms with Crippen LogP contribution >= 0.6 is 0 Å². The van der Waals surface area contributed by atoms with Crippen molar-refractivity contribution >= 4 is 11.5 Å². The predicted molar refractivity (Wildman–Crippen MR) is 37.7 cm³/mol. The van der Waals surface area contributed by atoms with Gasteiger partial charge in [-0.1, -0.05) is 11.8 Å². The molecule has 0 radical (unpaired) electrons. The summed E-state index contributed by atoms with van der Waals surface area (Å²) in [4.78, 5) is 10.3. The number of nitrogens with zero attached hydrogens (tertiary/aromatic N) is 3. The molecule has 5 heteroatoms. The zero-order chi connectivity index (χ0) is 8.43. The molecule has 0 saturated heterocycles. The van der Waals surface area contributed by atoms with E-state index in [2.05, 4.69) is 16.9 Å². The number of carboxylic acid groups (broad SMARTS) is 1. The highest BCUT2D eigenvalue weighted by Gasteiger charge is 2.09. The Morgan fingerprint density at radius 1 is 1.82 bits per heavy atom. The zero-order valence-electron chi connectivity index (χ0n) is 5.98. The Morgan fingerprint density at radius 2 is 2.45 bits per heavy atom. The summed E-state index contributed by atoms with van der Waals surface area (Å²) in [7, 11) is 1.66. The lowest BCUT2D eigenvalue weighted by molar-refractivity contribution is -0.130. The van der Waals surface area contributed by atoms with Gasteiger partial charge in [0.05, 0.1) is 11.8 Å². The third-order valence-electron chi connectivity index (χ3n) is 1.17. The Balaban J connectivity index is 2.94. The van der Waals surface area contributed by atoms with Gasteiger partial charge < -0.3 is 5.11 Å². The highest BCUT2D eigenvalue weighted by atomic mass is 16.4. The molecule has 1 heterocycles. The minimum Gasteiger partial charge on any atom is -0.478 e. The van der Waals surface area contributed by atoms with Gasteiger partial charge in [-0.05, 0) is 0 Å². The second-order valence-electron chi connectivity index (χ2n) is 2.06. The fourth-order valence-corrected chi connectivity index (χ4v) is 0.595. The van der Waals surface area contributed by atoms with Crippen LogP contribution in [0.1, 0.15) is 5.69 Å². The van der Waals surface area contributed by atoms with Gasteiger partial charge in [0.1, 0.15) is 5.69 Å². The second-order valence-corrected chi connectivity index (χ2v) is 2.06. The van der Waals surface area contributed by atoms with Crippen LogP contribution in [0.3, 0.4) is 0 Å². The highest BCUT2D eigenvalue weighted by molar-refractivity contribution is 6.13. The summed E-state index contributed by atoms with van der Waals surface area (Å²) >= 11 is 0. The Morgan fingerprint density at radius 3 is 2.82 bits per heavy atom. The molecule has 1 rings (SSSR count). The Labute approximate surface area is 63.0 Å². The van der Waals surface area contributed by atoms with Crippen LogP contribution in [0.25, 0.3) is 5.57 Å². The van der Waals surface area contributed by atoms with Crippen molar-refractivity contribution in [2.75, 3.05) is 0 Å². The van der Waals surface area contributed by atoms with Gasteiger partial charge in [-0.2, -0.15) is 0 Å². The predicted octanol–water partition coefficient (Wildman–Crippen LogP) is -0.0871. The Hall–Kier alpha value is -1.65. The Kier molecular flexibility index (Phi) is 1.72. The summed E-state index contributed by atoms with van der Waals surface area (Å²) in [6.07, 6.45) is 1.50. The molecule has 1 aromatic rings. The summed E-state index contributed by atoms with van der Waals surface area (Å²) in [5.41, 5.74) is 0.248. The van der Waals surface area contributed by atoms with Crippen molar-refractivity contribution in [1.29, 1.82) is 0 Å². The van der Waals surface area contributed by atoms with E-state index in [0.717, 1.165) is 0 Å². The summed E-state index contributed by atoms with van der Waals surface area (Å²) in [5, 5.41) is 15.6. The minimum atomic E-state index is -1.08. The van der Waals surface area contributed by atoms with E-state index in [0.29, 0.717) is 5.69 Å². The van der Waals surface area contributed by atoms with E-state index >= 15 is 0 Å². The SMILES string of the molecule is C=C(C(=O)O)c1cn(C)nn1. The molecule has 0 unspecified atom stereocenters. The van der Waals surface area contributed by atoms with E-state index in [9.17, 15) is 4.79 Å². The lowest BCUT2D eigenvalue weighted by atomic mass is 10.2. The van der Waals surface area contributed by atoms with Crippen LogP contribution in [0.4, 0.5) is 0 Å². The maximum absolute atomic E-state index is 10.3. The first kappa shape index (κ1) is 7.46. The fourth-order valence-electron chi connectivity index (χ4n) is 0.595. The van der Waals surface area contributed by atoms with Crippen molar-refractivity contribution in [3.63, 3.8) is 0 Å². The number of aromatic nitrogens is 3. The molecule has 1 aromatic heterocycles. The first-order valence-corrected chi connectivity index (χ1v) is 2.90. The van der Waals surface area contributed by atoms with Crippen molar-refractivity contribution in [2.24, 2.45) is 7.05 Å². The van der Waals surface area contributed by atoms with E-state index in [4.69, 9.17) is 5.11 Å². The van der Waals surface area contributed by atoms with Gasteiger partial charge in [-0.25, -0.2) is 4.79 Å². The topological polar surface area (TPSA) is 68.0 Å². The highest BCUT2D eigenvalue weighted by Crippen LogP contribution is 2.06. The van der Waals surface area contributed by atoms with Crippen molar-refractivity contribution in [1.82, 2.24) is 15.0 Å². The standard InChI is InChI=1S/C6H7N3O2/c1-4(6(10)11)5-3-9(2)8-7-5/h3H,1H2,2H3,(H,10,11). The molecule has 0 aliphatic carbocycles. The largest absolute Gasteiger partial charge is 0.478 e. The molecule has 1 N–H and O–H groups in total. The molecule has 0 aliphatic rings. The molecular weight excluding hydrogens is 146 g/mol. The number of aryl methyl sites for hydroxylation is 1. The molecule has 0 bridgehead atoms. The third-order valence-corrected chi connectivity index (χ3v) is 1.17. The van der Waals surface area contributed by atoms with Crippen LogP contribution in [0.15, 0.2) is 12.8 Å². The molecule has 0 saturated carbocycles. The monoisotopic (exact) mass is 153 g/mol. The lowest BCUT2D eigenvalue weighted by Crippen LogP contribution is -1.97. The van der Waals surface area contributed by atoms with Crippen LogP contribution in [0.5, 0.6) is 0 Å². The first-order chi connectivity index (χ1) is 5.11. The van der Waals surface area contributed by atoms with Gasteiger partial charge >= 0.3 is 5.97 Å². The number of rotatable bonds is 2. The number of hydrogen-bond acceptors (Lipinski definition) is 3. The average Bonchev–Trinajstić information content (AvgIpc) is 2.34. The first-order valence-electron chi connectivity index (χ1n) is 2.90. The van der Waals surface area contributed by atoms with E-state index in [1.165, 1.54) is 10.9 Å². The van der Waals surface area contributed by atoms with Gasteiger partial charge in [-0.15, -0.1) is 5.10 Å². The third kappa shape index (κ3) is 1.43. The maximum atomic E-state index is 10.3. The molecule has 0 aliphatic heterocycles. The van der Waals surface area contributed by atoms with Crippen molar-refractivity contribution < 1.29 is 9.90 Å². The number of hydrogen-bond donors (Lipinski definition) is 1. The lowest BCUT2D eigenvalue weighted by Gasteiger charge is -1.89. The molecule has 0 fully saturated rings. The summed E-state index contributed by atoms with van der Waals surface area (Å²) < 4.78 is 1.42. The molecular formula is C6H7N3O2. The summed E-state index contributed by atoms with van der Waals surface area (Å²) in [6.45, 7) is 3.32. The fraction of sp³-hybridized carbons (Fsp3) is 0.167. The van der Waals surface area contributed by atoms with Gasteiger partial charge in [0.25, 0.3) is 0 Å². The van der Waals surface area contributed by atoms with Crippen LogP contribution in [-0.2, 0) is 11.8 Å². The van der Waals surface area contributed by atoms with E-state index in [-0.39, 0.29) is 5.57 Å². The minimum absolute atomic E-state index is 0.0434. The number of aliphatic carboxylic acids is 1. The molecule has 0 spiro atoms. The smallest absolute Gasteiger partial charge is 0.337 e. The molecule has 0 amide bonds. The number of carboxylic acids is 1. The normalized spacial score (nSPS) is 9.55. The van der Waals surface area contributed by atoms with E-state index in [1.807, 2.05) is 0 Å². The molecule has 11 heavy (non-hydrogen) atoms. The van der Waals surface area contributed by atoms with E-state index in [1.54, 1.807) is 7.05 Å². The zero-order valence-corrected chi connectivity index (χ0v) is 5.98. The maximum Gasteiger partial charge on any atom is 0.337 e. The van der Waals surface area contributed by atoms with Gasteiger partial charge in [0, 0.05) is 7.05 Å².